The standard InChI is InChI=1S/C21H13ClN4OS2/c22-13-7-8-18-23-14(10-19(27)26(18)11-13)12-29-21-15-4-1-2-5-16(15)24-20(25-21)17-6-3-9-28-17/h1-11H,12H2. The lowest BCUT2D eigenvalue weighted by Crippen LogP contribution is -2.15. The van der Waals surface area contributed by atoms with Gasteiger partial charge in [0.1, 0.15) is 10.7 Å². The first-order valence-corrected chi connectivity index (χ1v) is 11.0. The first-order chi connectivity index (χ1) is 14.2. The Hall–Kier alpha value is -2.74. The second kappa shape index (κ2) is 7.59. The zero-order valence-electron chi connectivity index (χ0n) is 14.9. The van der Waals surface area contributed by atoms with Gasteiger partial charge in [0.2, 0.25) is 0 Å². The first kappa shape index (κ1) is 18.3. The van der Waals surface area contributed by atoms with Gasteiger partial charge in [0.25, 0.3) is 5.56 Å². The lowest BCUT2D eigenvalue weighted by atomic mass is 10.2. The van der Waals surface area contributed by atoms with Crippen LogP contribution in [0.1, 0.15) is 5.69 Å². The summed E-state index contributed by atoms with van der Waals surface area (Å²) in [5.41, 5.74) is 2.02. The third-order valence-electron chi connectivity index (χ3n) is 4.34. The molecule has 0 saturated carbocycles. The molecule has 0 spiro atoms. The van der Waals surface area contributed by atoms with Gasteiger partial charge < -0.3 is 0 Å². The number of hydrogen-bond acceptors (Lipinski definition) is 6. The number of pyridine rings is 1. The number of fused-ring (bicyclic) bond motifs is 2. The minimum absolute atomic E-state index is 0.153. The molecule has 1 aromatic carbocycles. The predicted octanol–water partition coefficient (Wildman–Crippen LogP) is 5.31. The summed E-state index contributed by atoms with van der Waals surface area (Å²) in [5.74, 6) is 1.24. The van der Waals surface area contributed by atoms with E-state index >= 15 is 0 Å². The normalized spacial score (nSPS) is 11.3. The fourth-order valence-corrected chi connectivity index (χ4v) is 4.75. The molecule has 4 heterocycles. The number of benzene rings is 1. The molecule has 0 fully saturated rings. The molecule has 0 amide bonds. The molecule has 0 aliphatic heterocycles. The van der Waals surface area contributed by atoms with E-state index < -0.39 is 0 Å². The summed E-state index contributed by atoms with van der Waals surface area (Å²) in [6, 6.07) is 17.0. The van der Waals surface area contributed by atoms with Gasteiger partial charge in [0.05, 0.1) is 21.1 Å². The van der Waals surface area contributed by atoms with E-state index in [2.05, 4.69) is 4.98 Å². The van der Waals surface area contributed by atoms with Crippen LogP contribution >= 0.6 is 34.7 Å². The molecule has 8 heteroatoms. The van der Waals surface area contributed by atoms with Crippen molar-refractivity contribution in [2.24, 2.45) is 0 Å². The van der Waals surface area contributed by atoms with Crippen LogP contribution in [0.5, 0.6) is 0 Å². The molecule has 5 aromatic rings. The molecule has 0 saturated heterocycles. The number of aromatic nitrogens is 4. The number of nitrogens with zero attached hydrogens (tertiary/aromatic N) is 4. The molecule has 0 unspecified atom stereocenters. The Morgan fingerprint density at radius 1 is 1.03 bits per heavy atom. The highest BCUT2D eigenvalue weighted by atomic mass is 35.5. The minimum Gasteiger partial charge on any atom is -0.269 e. The van der Waals surface area contributed by atoms with Crippen LogP contribution in [0, 0.1) is 0 Å². The van der Waals surface area contributed by atoms with Gasteiger partial charge in [-0.2, -0.15) is 0 Å². The van der Waals surface area contributed by atoms with Gasteiger partial charge in [-0.05, 0) is 29.6 Å². The van der Waals surface area contributed by atoms with Gasteiger partial charge >= 0.3 is 0 Å². The van der Waals surface area contributed by atoms with Gasteiger partial charge in [0, 0.05) is 23.4 Å². The van der Waals surface area contributed by atoms with Crippen molar-refractivity contribution in [3.8, 4) is 10.7 Å². The molecule has 0 N–H and O–H groups in total. The fraction of sp³-hybridized carbons (Fsp3) is 0.0476. The molecule has 0 atom stereocenters. The average Bonchev–Trinajstić information content (AvgIpc) is 3.27. The third kappa shape index (κ3) is 3.64. The molecule has 5 nitrogen and oxygen atoms in total. The Bertz CT molecular complexity index is 1400. The molecule has 0 bridgehead atoms. The summed E-state index contributed by atoms with van der Waals surface area (Å²) in [6.07, 6.45) is 1.58. The lowest BCUT2D eigenvalue weighted by Gasteiger charge is -2.08. The van der Waals surface area contributed by atoms with Crippen LogP contribution in [-0.2, 0) is 5.75 Å². The van der Waals surface area contributed by atoms with E-state index in [9.17, 15) is 4.79 Å². The molecule has 0 aliphatic rings. The van der Waals surface area contributed by atoms with E-state index in [0.717, 1.165) is 20.8 Å². The van der Waals surface area contributed by atoms with Crippen LogP contribution < -0.4 is 5.56 Å². The summed E-state index contributed by atoms with van der Waals surface area (Å²) in [7, 11) is 0. The highest BCUT2D eigenvalue weighted by Gasteiger charge is 2.12. The van der Waals surface area contributed by atoms with Crippen molar-refractivity contribution in [3.05, 3.63) is 87.2 Å². The maximum absolute atomic E-state index is 12.4. The molecular formula is C21H13ClN4OS2. The highest BCUT2D eigenvalue weighted by molar-refractivity contribution is 7.98. The molecule has 0 radical (unpaired) electrons. The number of rotatable bonds is 4. The number of thioether (sulfide) groups is 1. The van der Waals surface area contributed by atoms with Crippen LogP contribution in [0.2, 0.25) is 5.02 Å². The smallest absolute Gasteiger partial charge is 0.258 e. The third-order valence-corrected chi connectivity index (χ3v) is 6.46. The van der Waals surface area contributed by atoms with Crippen LogP contribution in [-0.4, -0.2) is 19.4 Å². The molecule has 4 aromatic heterocycles. The summed E-state index contributed by atoms with van der Waals surface area (Å²) >= 11 is 9.14. The van der Waals surface area contributed by atoms with E-state index in [4.69, 9.17) is 21.6 Å². The van der Waals surface area contributed by atoms with Gasteiger partial charge in [-0.15, -0.1) is 11.3 Å². The number of hydrogen-bond donors (Lipinski definition) is 0. The number of para-hydroxylation sites is 1. The molecule has 142 valence electrons. The Morgan fingerprint density at radius 3 is 2.79 bits per heavy atom. The highest BCUT2D eigenvalue weighted by Crippen LogP contribution is 2.31. The van der Waals surface area contributed by atoms with E-state index in [1.807, 2.05) is 41.8 Å². The zero-order valence-corrected chi connectivity index (χ0v) is 17.3. The summed E-state index contributed by atoms with van der Waals surface area (Å²) in [5, 5.41) is 4.37. The SMILES string of the molecule is O=c1cc(CSc2nc(-c3cccs3)nc3ccccc23)nc2ccc(Cl)cn12. The van der Waals surface area contributed by atoms with E-state index in [-0.39, 0.29) is 5.56 Å². The van der Waals surface area contributed by atoms with Crippen molar-refractivity contribution in [2.45, 2.75) is 10.8 Å². The molecule has 5 rings (SSSR count). The van der Waals surface area contributed by atoms with Crippen LogP contribution in [0.4, 0.5) is 0 Å². The Morgan fingerprint density at radius 2 is 1.93 bits per heavy atom. The van der Waals surface area contributed by atoms with Crippen molar-refractivity contribution in [3.63, 3.8) is 0 Å². The summed E-state index contributed by atoms with van der Waals surface area (Å²) in [6.45, 7) is 0. The van der Waals surface area contributed by atoms with E-state index in [1.165, 1.54) is 4.40 Å². The Kier molecular flexibility index (Phi) is 4.79. The second-order valence-electron chi connectivity index (χ2n) is 6.30. The Labute approximate surface area is 179 Å². The second-order valence-corrected chi connectivity index (χ2v) is 8.64. The van der Waals surface area contributed by atoms with Crippen molar-refractivity contribution in [2.75, 3.05) is 0 Å². The maximum atomic E-state index is 12.4. The number of halogens is 1. The van der Waals surface area contributed by atoms with Gasteiger partial charge in [0.15, 0.2) is 5.82 Å². The van der Waals surface area contributed by atoms with Crippen LogP contribution in [0.3, 0.4) is 0 Å². The fourth-order valence-electron chi connectivity index (χ4n) is 3.02. The van der Waals surface area contributed by atoms with Crippen molar-refractivity contribution in [1.82, 2.24) is 19.4 Å². The molecular weight excluding hydrogens is 424 g/mol. The van der Waals surface area contributed by atoms with Crippen LogP contribution in [0.25, 0.3) is 27.3 Å². The van der Waals surface area contributed by atoms with Crippen molar-refractivity contribution >= 4 is 51.2 Å². The minimum atomic E-state index is -0.153. The largest absolute Gasteiger partial charge is 0.269 e. The summed E-state index contributed by atoms with van der Waals surface area (Å²) in [4.78, 5) is 27.5. The van der Waals surface area contributed by atoms with Crippen molar-refractivity contribution < 1.29 is 0 Å². The van der Waals surface area contributed by atoms with E-state index in [1.54, 1.807) is 47.5 Å². The van der Waals surface area contributed by atoms with Crippen molar-refractivity contribution in [1.29, 1.82) is 0 Å². The number of thiophene rings is 1. The lowest BCUT2D eigenvalue weighted by molar-refractivity contribution is 1.01. The molecule has 0 aliphatic carbocycles. The molecule has 29 heavy (non-hydrogen) atoms. The average molecular weight is 437 g/mol. The first-order valence-electron chi connectivity index (χ1n) is 8.79. The topological polar surface area (TPSA) is 60.2 Å². The zero-order chi connectivity index (χ0) is 19.8. The maximum Gasteiger partial charge on any atom is 0.258 e. The van der Waals surface area contributed by atoms with Gasteiger partial charge in [-0.25, -0.2) is 15.0 Å². The van der Waals surface area contributed by atoms with Crippen LogP contribution in [0.15, 0.2) is 76.0 Å². The Balaban J connectivity index is 1.53. The van der Waals surface area contributed by atoms with E-state index in [0.29, 0.717) is 27.9 Å². The quantitative estimate of drug-likeness (QED) is 0.282. The predicted molar refractivity (Wildman–Crippen MR) is 119 cm³/mol. The van der Waals surface area contributed by atoms with Gasteiger partial charge in [-0.1, -0.05) is 47.6 Å². The monoisotopic (exact) mass is 436 g/mol. The summed E-state index contributed by atoms with van der Waals surface area (Å²) < 4.78 is 1.45. The van der Waals surface area contributed by atoms with Gasteiger partial charge in [-0.3, -0.25) is 9.20 Å².